The predicted octanol–water partition coefficient (Wildman–Crippen LogP) is 1.88. The largest absolute Gasteiger partial charge is 0.454 e. The topological polar surface area (TPSA) is 107 Å². The van der Waals surface area contributed by atoms with Crippen molar-refractivity contribution in [1.29, 1.82) is 0 Å². The summed E-state index contributed by atoms with van der Waals surface area (Å²) in [5.41, 5.74) is 1.74. The molecule has 0 radical (unpaired) electrons. The van der Waals surface area contributed by atoms with E-state index in [9.17, 15) is 9.59 Å². The molecule has 10 heteroatoms. The number of hydrogen-bond acceptors (Lipinski definition) is 7. The van der Waals surface area contributed by atoms with Gasteiger partial charge in [0.2, 0.25) is 5.78 Å². The Morgan fingerprint density at radius 1 is 1.30 bits per heavy atom. The van der Waals surface area contributed by atoms with Crippen LogP contribution in [0.4, 0.5) is 0 Å². The van der Waals surface area contributed by atoms with Crippen LogP contribution in [-0.2, 0) is 18.4 Å². The number of H-pyrrole nitrogens is 1. The van der Waals surface area contributed by atoms with Gasteiger partial charge >= 0.3 is 5.97 Å². The number of benzene rings is 1. The first-order valence-electron chi connectivity index (χ1n) is 8.04. The van der Waals surface area contributed by atoms with E-state index in [4.69, 9.17) is 4.74 Å². The number of aryl methyl sites for hydroxylation is 1. The number of rotatable bonds is 3. The fourth-order valence-electron chi connectivity index (χ4n) is 3.02. The van der Waals surface area contributed by atoms with Gasteiger partial charge in [0.1, 0.15) is 4.70 Å². The molecular formula is C17H12N6O3S. The Morgan fingerprint density at radius 3 is 3.07 bits per heavy atom. The van der Waals surface area contributed by atoms with E-state index in [1.807, 2.05) is 11.4 Å². The van der Waals surface area contributed by atoms with E-state index in [-0.39, 0.29) is 12.2 Å². The van der Waals surface area contributed by atoms with Crippen LogP contribution in [0.25, 0.3) is 26.9 Å². The summed E-state index contributed by atoms with van der Waals surface area (Å²) in [7, 11) is 1.64. The van der Waals surface area contributed by atoms with Crippen LogP contribution in [0.1, 0.15) is 16.2 Å². The zero-order chi connectivity index (χ0) is 18.5. The lowest BCUT2D eigenvalue weighted by Gasteiger charge is -2.06. The zero-order valence-electron chi connectivity index (χ0n) is 14.0. The number of esters is 1. The van der Waals surface area contributed by atoms with Gasteiger partial charge in [-0.1, -0.05) is 6.07 Å². The molecule has 9 nitrogen and oxygen atoms in total. The third-order valence-electron chi connectivity index (χ3n) is 4.41. The molecule has 0 fully saturated rings. The van der Waals surface area contributed by atoms with E-state index < -0.39 is 5.97 Å². The standard InChI is InChI=1S/C17H12N6O3S/c1-22-15(24)14-12(4-5-27-14)23-13(20-21-17(22)23)8-26-16(25)9-2-3-10-7-18-19-11(10)6-9/h2-7H,8H2,1H3,(H,18,19). The molecule has 27 heavy (non-hydrogen) atoms. The molecule has 0 atom stereocenters. The number of thiophene rings is 1. The minimum absolute atomic E-state index is 0.0653. The van der Waals surface area contributed by atoms with Crippen molar-refractivity contribution in [2.45, 2.75) is 6.61 Å². The number of carbonyl (C=O) groups excluding carboxylic acids is 1. The molecule has 1 N–H and O–H groups in total. The van der Waals surface area contributed by atoms with Crippen LogP contribution in [0.5, 0.6) is 0 Å². The van der Waals surface area contributed by atoms with Gasteiger partial charge in [0.05, 0.1) is 22.8 Å². The van der Waals surface area contributed by atoms with Gasteiger partial charge in [0.15, 0.2) is 12.4 Å². The molecule has 0 bridgehead atoms. The third-order valence-corrected chi connectivity index (χ3v) is 5.30. The summed E-state index contributed by atoms with van der Waals surface area (Å²) in [5, 5.41) is 17.7. The highest BCUT2D eigenvalue weighted by Crippen LogP contribution is 2.20. The molecule has 0 saturated heterocycles. The Hall–Kier alpha value is -3.53. The third kappa shape index (κ3) is 2.34. The summed E-state index contributed by atoms with van der Waals surface area (Å²) >= 11 is 1.35. The Balaban J connectivity index is 1.49. The highest BCUT2D eigenvalue weighted by Gasteiger charge is 2.17. The van der Waals surface area contributed by atoms with E-state index in [2.05, 4.69) is 20.4 Å². The van der Waals surface area contributed by atoms with Crippen LogP contribution in [0.2, 0.25) is 0 Å². The minimum atomic E-state index is -0.477. The van der Waals surface area contributed by atoms with Gasteiger partial charge in [-0.25, -0.2) is 4.79 Å². The maximum atomic E-state index is 12.4. The second kappa shape index (κ2) is 5.74. The number of aromatic nitrogens is 6. The Labute approximate surface area is 154 Å². The fourth-order valence-corrected chi connectivity index (χ4v) is 3.87. The van der Waals surface area contributed by atoms with Crippen LogP contribution < -0.4 is 5.56 Å². The molecular weight excluding hydrogens is 368 g/mol. The van der Waals surface area contributed by atoms with Gasteiger partial charge in [-0.15, -0.1) is 21.5 Å². The Bertz CT molecular complexity index is 1390. The summed E-state index contributed by atoms with van der Waals surface area (Å²) in [6.07, 6.45) is 1.68. The molecule has 0 aliphatic rings. The molecule has 4 heterocycles. The monoisotopic (exact) mass is 380 g/mol. The lowest BCUT2D eigenvalue weighted by molar-refractivity contribution is 0.0461. The van der Waals surface area contributed by atoms with Gasteiger partial charge in [-0.05, 0) is 23.6 Å². The van der Waals surface area contributed by atoms with Crippen LogP contribution >= 0.6 is 11.3 Å². The molecule has 0 aliphatic carbocycles. The first kappa shape index (κ1) is 15.7. The van der Waals surface area contributed by atoms with E-state index in [1.165, 1.54) is 15.9 Å². The van der Waals surface area contributed by atoms with E-state index in [0.29, 0.717) is 27.4 Å². The van der Waals surface area contributed by atoms with Crippen molar-refractivity contribution in [3.8, 4) is 0 Å². The SMILES string of the molecule is Cn1c(=O)c2sccc2n2c(COC(=O)c3ccc4cn[nH]c4c3)nnc12. The number of hydrogen-bond donors (Lipinski definition) is 1. The van der Waals surface area contributed by atoms with E-state index in [1.54, 1.807) is 35.8 Å². The maximum Gasteiger partial charge on any atom is 0.338 e. The van der Waals surface area contributed by atoms with Gasteiger partial charge < -0.3 is 4.74 Å². The minimum Gasteiger partial charge on any atom is -0.454 e. The van der Waals surface area contributed by atoms with Crippen LogP contribution in [-0.4, -0.2) is 35.3 Å². The molecule has 0 amide bonds. The van der Waals surface area contributed by atoms with Crippen LogP contribution in [0.15, 0.2) is 40.6 Å². The molecule has 0 saturated carbocycles. The second-order valence-electron chi connectivity index (χ2n) is 6.00. The summed E-state index contributed by atoms with van der Waals surface area (Å²) in [5.74, 6) is 0.366. The van der Waals surface area contributed by atoms with Gasteiger partial charge in [0.25, 0.3) is 5.56 Å². The number of nitrogens with one attached hydrogen (secondary N) is 1. The lowest BCUT2D eigenvalue weighted by atomic mass is 10.2. The van der Waals surface area contributed by atoms with Crippen LogP contribution in [0, 0.1) is 0 Å². The average molecular weight is 380 g/mol. The fraction of sp³-hybridized carbons (Fsp3) is 0.118. The number of ether oxygens (including phenoxy) is 1. The second-order valence-corrected chi connectivity index (χ2v) is 6.92. The van der Waals surface area contributed by atoms with Crippen molar-refractivity contribution in [3.05, 3.63) is 57.6 Å². The van der Waals surface area contributed by atoms with Gasteiger partial charge in [0, 0.05) is 12.4 Å². The van der Waals surface area contributed by atoms with E-state index >= 15 is 0 Å². The number of fused-ring (bicyclic) bond motifs is 4. The highest BCUT2D eigenvalue weighted by atomic mass is 32.1. The van der Waals surface area contributed by atoms with Crippen molar-refractivity contribution in [3.63, 3.8) is 0 Å². The van der Waals surface area contributed by atoms with Crippen LogP contribution in [0.3, 0.4) is 0 Å². The lowest BCUT2D eigenvalue weighted by Crippen LogP contribution is -2.19. The number of carbonyl (C=O) groups is 1. The predicted molar refractivity (Wildman–Crippen MR) is 98.8 cm³/mol. The Kier molecular flexibility index (Phi) is 3.34. The summed E-state index contributed by atoms with van der Waals surface area (Å²) in [6.45, 7) is -0.0653. The number of nitrogens with zero attached hydrogens (tertiary/aromatic N) is 5. The zero-order valence-corrected chi connectivity index (χ0v) is 14.9. The molecule has 1 aromatic carbocycles. The van der Waals surface area contributed by atoms with Crippen molar-refractivity contribution >= 4 is 44.2 Å². The van der Waals surface area contributed by atoms with Gasteiger partial charge in [-0.3, -0.25) is 18.9 Å². The maximum absolute atomic E-state index is 12.4. The van der Waals surface area contributed by atoms with Crippen molar-refractivity contribution in [2.75, 3.05) is 0 Å². The first-order chi connectivity index (χ1) is 13.1. The number of aromatic amines is 1. The summed E-state index contributed by atoms with van der Waals surface area (Å²) in [4.78, 5) is 24.8. The molecule has 5 aromatic rings. The molecule has 4 aromatic heterocycles. The van der Waals surface area contributed by atoms with Crippen molar-refractivity contribution < 1.29 is 9.53 Å². The molecule has 0 aliphatic heterocycles. The average Bonchev–Trinajstić information content (AvgIpc) is 3.41. The van der Waals surface area contributed by atoms with E-state index in [0.717, 1.165) is 10.9 Å². The molecule has 0 spiro atoms. The Morgan fingerprint density at radius 2 is 2.19 bits per heavy atom. The first-order valence-corrected chi connectivity index (χ1v) is 8.92. The normalized spacial score (nSPS) is 11.6. The smallest absolute Gasteiger partial charge is 0.338 e. The summed E-state index contributed by atoms with van der Waals surface area (Å²) in [6, 6.07) is 7.00. The van der Waals surface area contributed by atoms with Crippen molar-refractivity contribution in [2.24, 2.45) is 7.05 Å². The molecule has 0 unspecified atom stereocenters. The molecule has 134 valence electrons. The summed E-state index contributed by atoms with van der Waals surface area (Å²) < 4.78 is 9.19. The van der Waals surface area contributed by atoms with Crippen molar-refractivity contribution in [1.82, 2.24) is 29.4 Å². The quantitative estimate of drug-likeness (QED) is 0.479. The highest BCUT2D eigenvalue weighted by molar-refractivity contribution is 7.17. The van der Waals surface area contributed by atoms with Gasteiger partial charge in [-0.2, -0.15) is 5.10 Å². The molecule has 5 rings (SSSR count).